The van der Waals surface area contributed by atoms with E-state index in [1.807, 2.05) is 6.92 Å². The lowest BCUT2D eigenvalue weighted by atomic mass is 10.2. The molecule has 1 aromatic rings. The third-order valence-corrected chi connectivity index (χ3v) is 5.29. The summed E-state index contributed by atoms with van der Waals surface area (Å²) in [6, 6.07) is 2.80. The molecule has 12 heteroatoms. The van der Waals surface area contributed by atoms with Gasteiger partial charge in [-0.25, -0.2) is 18.4 Å². The molecule has 1 aliphatic rings. The van der Waals surface area contributed by atoms with Crippen LogP contribution < -0.4 is 15.4 Å². The second-order valence-corrected chi connectivity index (χ2v) is 8.07. The molecule has 1 saturated heterocycles. The lowest BCUT2D eigenvalue weighted by molar-refractivity contribution is -0.154. The van der Waals surface area contributed by atoms with Crippen LogP contribution in [0.5, 0.6) is 5.88 Å². The normalized spacial score (nSPS) is 19.3. The largest absolute Gasteiger partial charge is 0.468 e. The topological polar surface area (TPSA) is 92.7 Å². The van der Waals surface area contributed by atoms with Gasteiger partial charge in [0.2, 0.25) is 5.88 Å². The quantitative estimate of drug-likeness (QED) is 0.337. The molecule has 2 rings (SSSR count). The number of rotatable bonds is 6. The molecule has 1 aliphatic heterocycles. The Labute approximate surface area is 173 Å². The Morgan fingerprint density at radius 3 is 2.78 bits per heavy atom. The van der Waals surface area contributed by atoms with Crippen LogP contribution in [0.2, 0.25) is 0 Å². The zero-order valence-corrected chi connectivity index (χ0v) is 17.8. The van der Waals surface area contributed by atoms with Crippen LogP contribution in [-0.4, -0.2) is 56.2 Å². The van der Waals surface area contributed by atoms with E-state index in [2.05, 4.69) is 25.3 Å². The molecule has 0 saturated carbocycles. The number of aliphatic imine (C=N–C) groups is 1. The number of nitrogens with one attached hydrogen (secondary N) is 2. The number of guanidine groups is 1. The lowest BCUT2D eigenvalue weighted by Gasteiger charge is -2.15. The Morgan fingerprint density at radius 2 is 2.19 bits per heavy atom. The highest BCUT2D eigenvalue weighted by Gasteiger charge is 2.29. The molecule has 0 bridgehead atoms. The Hall–Kier alpha value is -1.31. The highest BCUT2D eigenvalue weighted by atomic mass is 127. The minimum atomic E-state index is -4.43. The number of halogens is 4. The van der Waals surface area contributed by atoms with Crippen LogP contribution in [0.4, 0.5) is 13.2 Å². The molecule has 1 atom stereocenters. The Balaban J connectivity index is 0.00000364. The second-order valence-electron chi connectivity index (χ2n) is 5.85. The number of alkyl halides is 3. The van der Waals surface area contributed by atoms with E-state index in [0.717, 1.165) is 0 Å². The molecule has 2 N–H and O–H groups in total. The van der Waals surface area contributed by atoms with Crippen molar-refractivity contribution in [3.05, 3.63) is 23.9 Å². The minimum absolute atomic E-state index is 0. The van der Waals surface area contributed by atoms with Crippen molar-refractivity contribution in [3.8, 4) is 5.88 Å². The Kier molecular flexibility index (Phi) is 9.05. The predicted octanol–water partition coefficient (Wildman–Crippen LogP) is 1.88. The number of aromatic nitrogens is 1. The summed E-state index contributed by atoms with van der Waals surface area (Å²) in [6.45, 7) is 1.23. The zero-order chi connectivity index (χ0) is 19.2. The van der Waals surface area contributed by atoms with Gasteiger partial charge in [-0.15, -0.1) is 24.0 Å². The van der Waals surface area contributed by atoms with E-state index < -0.39 is 22.6 Å². The number of sulfone groups is 1. The van der Waals surface area contributed by atoms with Crippen molar-refractivity contribution in [2.24, 2.45) is 4.99 Å². The van der Waals surface area contributed by atoms with E-state index in [1.54, 1.807) is 6.07 Å². The first-order valence-corrected chi connectivity index (χ1v) is 9.89. The Bertz CT molecular complexity index is 744. The fraction of sp³-hybridized carbons (Fsp3) is 0.600. The highest BCUT2D eigenvalue weighted by molar-refractivity contribution is 14.0. The number of hydrogen-bond donors (Lipinski definition) is 2. The van der Waals surface area contributed by atoms with Crippen molar-refractivity contribution in [2.45, 2.75) is 32.1 Å². The molecule has 1 unspecified atom stereocenters. The SMILES string of the molecule is CCNC(=NCc1ccnc(OCC(F)(F)F)c1)NC1CCS(=O)(=O)C1.I. The summed E-state index contributed by atoms with van der Waals surface area (Å²) in [7, 11) is -3.01. The molecule has 0 spiro atoms. The molecule has 2 heterocycles. The lowest BCUT2D eigenvalue weighted by Crippen LogP contribution is -2.44. The first kappa shape index (κ1) is 23.7. The van der Waals surface area contributed by atoms with E-state index in [1.165, 1.54) is 12.3 Å². The minimum Gasteiger partial charge on any atom is -0.468 e. The molecule has 1 aromatic heterocycles. The van der Waals surface area contributed by atoms with E-state index in [-0.39, 0.29) is 53.9 Å². The smallest absolute Gasteiger partial charge is 0.422 e. The van der Waals surface area contributed by atoms with Gasteiger partial charge in [-0.1, -0.05) is 0 Å². The van der Waals surface area contributed by atoms with Gasteiger partial charge in [-0.2, -0.15) is 13.2 Å². The van der Waals surface area contributed by atoms with Crippen LogP contribution in [-0.2, 0) is 16.4 Å². The van der Waals surface area contributed by atoms with Gasteiger partial charge in [0.1, 0.15) is 0 Å². The van der Waals surface area contributed by atoms with Crippen LogP contribution >= 0.6 is 24.0 Å². The predicted molar refractivity (Wildman–Crippen MR) is 106 cm³/mol. The van der Waals surface area contributed by atoms with Crippen LogP contribution in [0.25, 0.3) is 0 Å². The van der Waals surface area contributed by atoms with Crippen molar-refractivity contribution in [2.75, 3.05) is 24.7 Å². The van der Waals surface area contributed by atoms with Gasteiger partial charge in [0, 0.05) is 24.8 Å². The first-order chi connectivity index (χ1) is 12.2. The average Bonchev–Trinajstić information content (AvgIpc) is 2.89. The van der Waals surface area contributed by atoms with E-state index in [4.69, 9.17) is 0 Å². The maximum atomic E-state index is 12.2. The highest BCUT2D eigenvalue weighted by Crippen LogP contribution is 2.18. The molecule has 7 nitrogen and oxygen atoms in total. The Morgan fingerprint density at radius 1 is 1.44 bits per heavy atom. The van der Waals surface area contributed by atoms with Crippen molar-refractivity contribution in [1.82, 2.24) is 15.6 Å². The summed E-state index contributed by atoms with van der Waals surface area (Å²) in [6.07, 6.45) is -2.57. The molecule has 0 amide bonds. The van der Waals surface area contributed by atoms with E-state index in [9.17, 15) is 21.6 Å². The molecular formula is C15H22F3IN4O3S. The van der Waals surface area contributed by atoms with Gasteiger partial charge in [0.15, 0.2) is 22.4 Å². The maximum Gasteiger partial charge on any atom is 0.422 e. The van der Waals surface area contributed by atoms with Gasteiger partial charge in [0.05, 0.1) is 18.1 Å². The van der Waals surface area contributed by atoms with Gasteiger partial charge in [-0.3, -0.25) is 0 Å². The standard InChI is InChI=1S/C15H21F3N4O3S.HI/c1-2-19-14(22-12-4-6-26(23,24)9-12)21-8-11-3-5-20-13(7-11)25-10-15(16,17)18;/h3,5,7,12H,2,4,6,8-10H2,1H3,(H2,19,21,22);1H. The third-order valence-electron chi connectivity index (χ3n) is 3.52. The van der Waals surface area contributed by atoms with Crippen molar-refractivity contribution in [1.29, 1.82) is 0 Å². The number of nitrogens with zero attached hydrogens (tertiary/aromatic N) is 2. The van der Waals surface area contributed by atoms with E-state index in [0.29, 0.717) is 24.5 Å². The average molecular weight is 522 g/mol. The second kappa shape index (κ2) is 10.3. The molecule has 0 aliphatic carbocycles. The van der Waals surface area contributed by atoms with Crippen LogP contribution in [0.3, 0.4) is 0 Å². The van der Waals surface area contributed by atoms with Crippen molar-refractivity contribution >= 4 is 39.8 Å². The summed E-state index contributed by atoms with van der Waals surface area (Å²) >= 11 is 0. The summed E-state index contributed by atoms with van der Waals surface area (Å²) < 4.78 is 64.3. The molecular weight excluding hydrogens is 500 g/mol. The van der Waals surface area contributed by atoms with Gasteiger partial charge >= 0.3 is 6.18 Å². The number of hydrogen-bond acceptors (Lipinski definition) is 5. The van der Waals surface area contributed by atoms with Gasteiger partial charge in [-0.05, 0) is 25.0 Å². The van der Waals surface area contributed by atoms with Gasteiger partial charge in [0.25, 0.3) is 0 Å². The summed E-state index contributed by atoms with van der Waals surface area (Å²) in [5.74, 6) is 0.523. The molecule has 0 radical (unpaired) electrons. The summed E-state index contributed by atoms with van der Waals surface area (Å²) in [4.78, 5) is 8.08. The van der Waals surface area contributed by atoms with Gasteiger partial charge < -0.3 is 15.4 Å². The van der Waals surface area contributed by atoms with Crippen LogP contribution in [0.15, 0.2) is 23.3 Å². The monoisotopic (exact) mass is 522 g/mol. The first-order valence-electron chi connectivity index (χ1n) is 8.06. The molecule has 27 heavy (non-hydrogen) atoms. The van der Waals surface area contributed by atoms with Crippen LogP contribution in [0, 0.1) is 0 Å². The fourth-order valence-electron chi connectivity index (χ4n) is 2.38. The third kappa shape index (κ3) is 8.95. The zero-order valence-electron chi connectivity index (χ0n) is 14.6. The number of pyridine rings is 1. The molecule has 1 fully saturated rings. The summed E-state index contributed by atoms with van der Waals surface area (Å²) in [5, 5.41) is 6.08. The molecule has 0 aromatic carbocycles. The number of ether oxygens (including phenoxy) is 1. The van der Waals surface area contributed by atoms with Crippen molar-refractivity contribution < 1.29 is 26.3 Å². The summed E-state index contributed by atoms with van der Waals surface area (Å²) in [5.41, 5.74) is 0.619. The van der Waals surface area contributed by atoms with Crippen LogP contribution in [0.1, 0.15) is 18.9 Å². The van der Waals surface area contributed by atoms with Crippen molar-refractivity contribution in [3.63, 3.8) is 0 Å². The van der Waals surface area contributed by atoms with E-state index >= 15 is 0 Å². The fourth-order valence-corrected chi connectivity index (χ4v) is 4.05. The maximum absolute atomic E-state index is 12.2. The molecule has 154 valence electrons.